The van der Waals surface area contributed by atoms with Crippen LogP contribution in [0.1, 0.15) is 16.1 Å². The van der Waals surface area contributed by atoms with E-state index in [-0.39, 0.29) is 22.9 Å². The molecule has 0 radical (unpaired) electrons. The van der Waals surface area contributed by atoms with E-state index in [0.29, 0.717) is 0 Å². The van der Waals surface area contributed by atoms with Gasteiger partial charge in [0.25, 0.3) is 5.91 Å². The minimum Gasteiger partial charge on any atom is -0.493 e. The number of rotatable bonds is 5. The Labute approximate surface area is 172 Å². The quantitative estimate of drug-likeness (QED) is 0.482. The van der Waals surface area contributed by atoms with E-state index in [9.17, 15) is 18.0 Å². The molecule has 2 N–H and O–H groups in total. The van der Waals surface area contributed by atoms with Crippen molar-refractivity contribution in [3.05, 3.63) is 65.3 Å². The number of nitrogens with zero attached hydrogens (tertiary/aromatic N) is 3. The van der Waals surface area contributed by atoms with Crippen molar-refractivity contribution in [2.75, 3.05) is 12.4 Å². The Kier molecular flexibility index (Phi) is 5.04. The second-order valence-corrected chi connectivity index (χ2v) is 7.08. The standard InChI is InChI=1S/C19H14F3N5O2S/c1-29-14-10-27(12-5-2-4-11(8-12)19(20,21)22)26-17(14)18(28)23-16-9-13(24-25-16)15-6-3-7-30-15/h2-10H,1H3,(H2,23,24,25,28). The number of hydrogen-bond acceptors (Lipinski definition) is 5. The lowest BCUT2D eigenvalue weighted by molar-refractivity contribution is -0.137. The second kappa shape index (κ2) is 7.67. The highest BCUT2D eigenvalue weighted by Gasteiger charge is 2.30. The summed E-state index contributed by atoms with van der Waals surface area (Å²) in [5.74, 6) is -0.222. The van der Waals surface area contributed by atoms with E-state index in [0.717, 1.165) is 27.4 Å². The van der Waals surface area contributed by atoms with Crippen LogP contribution in [0, 0.1) is 0 Å². The normalized spacial score (nSPS) is 11.5. The molecule has 0 unspecified atom stereocenters. The van der Waals surface area contributed by atoms with E-state index in [1.165, 1.54) is 36.8 Å². The van der Waals surface area contributed by atoms with E-state index in [1.807, 2.05) is 17.5 Å². The van der Waals surface area contributed by atoms with Crippen molar-refractivity contribution in [1.29, 1.82) is 0 Å². The predicted molar refractivity (Wildman–Crippen MR) is 105 cm³/mol. The third-order valence-corrected chi connectivity index (χ3v) is 5.06. The number of hydrogen-bond donors (Lipinski definition) is 2. The van der Waals surface area contributed by atoms with Crippen LogP contribution in [-0.4, -0.2) is 33.0 Å². The molecule has 0 atom stereocenters. The first-order valence-corrected chi connectivity index (χ1v) is 9.45. The number of aromatic nitrogens is 4. The number of aromatic amines is 1. The summed E-state index contributed by atoms with van der Waals surface area (Å²) in [6, 6.07) is 10.1. The fraction of sp³-hybridized carbons (Fsp3) is 0.105. The van der Waals surface area contributed by atoms with E-state index < -0.39 is 17.6 Å². The van der Waals surface area contributed by atoms with Gasteiger partial charge in [-0.1, -0.05) is 12.1 Å². The molecule has 0 aliphatic carbocycles. The fourth-order valence-corrected chi connectivity index (χ4v) is 3.43. The minimum absolute atomic E-state index is 0.0874. The summed E-state index contributed by atoms with van der Waals surface area (Å²) in [6.45, 7) is 0. The Bertz CT molecular complexity index is 1180. The molecule has 154 valence electrons. The lowest BCUT2D eigenvalue weighted by Crippen LogP contribution is -2.14. The van der Waals surface area contributed by atoms with E-state index >= 15 is 0 Å². The maximum absolute atomic E-state index is 13.0. The first kappa shape index (κ1) is 19.7. The van der Waals surface area contributed by atoms with E-state index in [4.69, 9.17) is 4.74 Å². The van der Waals surface area contributed by atoms with Crippen LogP contribution in [-0.2, 0) is 6.18 Å². The third kappa shape index (κ3) is 3.92. The van der Waals surface area contributed by atoms with Gasteiger partial charge < -0.3 is 10.1 Å². The van der Waals surface area contributed by atoms with Gasteiger partial charge in [0.05, 0.1) is 35.1 Å². The van der Waals surface area contributed by atoms with Gasteiger partial charge in [-0.25, -0.2) is 4.68 Å². The van der Waals surface area contributed by atoms with Crippen LogP contribution in [0.15, 0.2) is 54.0 Å². The Morgan fingerprint density at radius 3 is 2.77 bits per heavy atom. The largest absolute Gasteiger partial charge is 0.493 e. The molecule has 0 aliphatic heterocycles. The number of nitrogens with one attached hydrogen (secondary N) is 2. The summed E-state index contributed by atoms with van der Waals surface area (Å²) >= 11 is 1.51. The molecule has 11 heteroatoms. The van der Waals surface area contributed by atoms with Gasteiger partial charge in [-0.2, -0.15) is 23.4 Å². The molecule has 7 nitrogen and oxygen atoms in total. The van der Waals surface area contributed by atoms with Gasteiger partial charge in [0, 0.05) is 6.07 Å². The average molecular weight is 433 g/mol. The van der Waals surface area contributed by atoms with Crippen molar-refractivity contribution >= 4 is 23.1 Å². The van der Waals surface area contributed by atoms with Crippen LogP contribution < -0.4 is 10.1 Å². The summed E-state index contributed by atoms with van der Waals surface area (Å²) in [6.07, 6.45) is -3.15. The van der Waals surface area contributed by atoms with E-state index in [1.54, 1.807) is 6.07 Å². The highest BCUT2D eigenvalue weighted by molar-refractivity contribution is 7.13. The van der Waals surface area contributed by atoms with Crippen molar-refractivity contribution in [1.82, 2.24) is 20.0 Å². The number of alkyl halides is 3. The summed E-state index contributed by atoms with van der Waals surface area (Å²) in [4.78, 5) is 13.6. The molecule has 0 saturated carbocycles. The van der Waals surface area contributed by atoms with E-state index in [2.05, 4.69) is 20.6 Å². The molecule has 4 rings (SSSR count). The Morgan fingerprint density at radius 1 is 1.23 bits per heavy atom. The maximum Gasteiger partial charge on any atom is 0.416 e. The zero-order valence-corrected chi connectivity index (χ0v) is 16.2. The Hall–Kier alpha value is -3.60. The molecule has 4 aromatic rings. The van der Waals surface area contributed by atoms with Crippen molar-refractivity contribution in [3.8, 4) is 22.0 Å². The number of amides is 1. The van der Waals surface area contributed by atoms with Crippen LogP contribution in [0.25, 0.3) is 16.3 Å². The molecule has 3 heterocycles. The van der Waals surface area contributed by atoms with Gasteiger partial charge in [0.15, 0.2) is 17.3 Å². The molecule has 1 aromatic carbocycles. The van der Waals surface area contributed by atoms with Crippen LogP contribution in [0.3, 0.4) is 0 Å². The molecule has 0 bridgehead atoms. The number of H-pyrrole nitrogens is 1. The molecule has 0 saturated heterocycles. The average Bonchev–Trinajstić information content (AvgIpc) is 3.47. The van der Waals surface area contributed by atoms with Gasteiger partial charge in [-0.05, 0) is 29.6 Å². The van der Waals surface area contributed by atoms with Crippen molar-refractivity contribution in [2.24, 2.45) is 0 Å². The van der Waals surface area contributed by atoms with Gasteiger partial charge in [-0.3, -0.25) is 9.89 Å². The topological polar surface area (TPSA) is 84.8 Å². The molecule has 0 fully saturated rings. The maximum atomic E-state index is 13.0. The summed E-state index contributed by atoms with van der Waals surface area (Å²) in [7, 11) is 1.34. The molecule has 3 aromatic heterocycles. The number of ether oxygens (including phenoxy) is 1. The molecule has 30 heavy (non-hydrogen) atoms. The molecular weight excluding hydrogens is 419 g/mol. The number of methoxy groups -OCH3 is 1. The van der Waals surface area contributed by atoms with Crippen LogP contribution in [0.5, 0.6) is 5.75 Å². The summed E-state index contributed by atoms with van der Waals surface area (Å²) in [5, 5.41) is 15.5. The van der Waals surface area contributed by atoms with Gasteiger partial charge >= 0.3 is 6.18 Å². The molecule has 1 amide bonds. The summed E-state index contributed by atoms with van der Waals surface area (Å²) < 4.78 is 45.3. The molecular formula is C19H14F3N5O2S. The predicted octanol–water partition coefficient (Wildman–Crippen LogP) is 4.60. The first-order chi connectivity index (χ1) is 14.3. The minimum atomic E-state index is -4.49. The van der Waals surface area contributed by atoms with Gasteiger partial charge in [-0.15, -0.1) is 11.3 Å². The van der Waals surface area contributed by atoms with Crippen molar-refractivity contribution < 1.29 is 22.7 Å². The highest BCUT2D eigenvalue weighted by Crippen LogP contribution is 2.31. The molecule has 0 aliphatic rings. The fourth-order valence-electron chi connectivity index (χ4n) is 2.74. The number of carbonyl (C=O) groups excluding carboxylic acids is 1. The number of thiophene rings is 1. The first-order valence-electron chi connectivity index (χ1n) is 8.57. The smallest absolute Gasteiger partial charge is 0.416 e. The lowest BCUT2D eigenvalue weighted by atomic mass is 10.2. The van der Waals surface area contributed by atoms with Crippen molar-refractivity contribution in [3.63, 3.8) is 0 Å². The Morgan fingerprint density at radius 2 is 2.07 bits per heavy atom. The van der Waals surface area contributed by atoms with Crippen LogP contribution in [0.2, 0.25) is 0 Å². The zero-order valence-electron chi connectivity index (χ0n) is 15.4. The van der Waals surface area contributed by atoms with Gasteiger partial charge in [0.2, 0.25) is 0 Å². The lowest BCUT2D eigenvalue weighted by Gasteiger charge is -2.08. The second-order valence-electron chi connectivity index (χ2n) is 6.14. The number of benzene rings is 1. The SMILES string of the molecule is COc1cn(-c2cccc(C(F)(F)F)c2)nc1C(=O)Nc1cc(-c2cccs2)[nH]n1. The van der Waals surface area contributed by atoms with Crippen molar-refractivity contribution in [2.45, 2.75) is 6.18 Å². The van der Waals surface area contributed by atoms with Gasteiger partial charge in [0.1, 0.15) is 0 Å². The monoisotopic (exact) mass is 433 g/mol. The van der Waals surface area contributed by atoms with Crippen LogP contribution in [0.4, 0.5) is 19.0 Å². The highest BCUT2D eigenvalue weighted by atomic mass is 32.1. The zero-order chi connectivity index (χ0) is 21.3. The Balaban J connectivity index is 1.59. The number of carbonyl (C=O) groups is 1. The number of anilines is 1. The number of halogens is 3. The van der Waals surface area contributed by atoms with Crippen LogP contribution >= 0.6 is 11.3 Å². The third-order valence-electron chi connectivity index (χ3n) is 4.16. The molecule has 0 spiro atoms. The summed E-state index contributed by atoms with van der Waals surface area (Å²) in [5.41, 5.74) is -0.0302.